The number of ether oxygens (including phenoxy) is 1. The smallest absolute Gasteiger partial charge is 0.175 e. The summed E-state index contributed by atoms with van der Waals surface area (Å²) in [7, 11) is 0. The van der Waals surface area contributed by atoms with Crippen LogP contribution in [0.25, 0.3) is 0 Å². The predicted molar refractivity (Wildman–Crippen MR) is 49.2 cm³/mol. The molecule has 1 atom stereocenters. The zero-order chi connectivity index (χ0) is 9.53. The van der Waals surface area contributed by atoms with Gasteiger partial charge in [-0.05, 0) is 32.9 Å². The summed E-state index contributed by atoms with van der Waals surface area (Å²) >= 11 is 0. The van der Waals surface area contributed by atoms with Crippen LogP contribution in [-0.4, -0.2) is 12.1 Å². The third-order valence-electron chi connectivity index (χ3n) is 2.29. The number of furan rings is 1. The first kappa shape index (κ1) is 8.78. The monoisotopic (exact) mass is 181 g/mol. The van der Waals surface area contributed by atoms with Crippen molar-refractivity contribution in [3.05, 3.63) is 24.2 Å². The second-order valence-electron chi connectivity index (χ2n) is 4.31. The average molecular weight is 181 g/mol. The quantitative estimate of drug-likeness (QED) is 0.718. The van der Waals surface area contributed by atoms with Crippen LogP contribution in [0.1, 0.15) is 26.5 Å². The molecule has 3 nitrogen and oxygen atoms in total. The summed E-state index contributed by atoms with van der Waals surface area (Å²) in [6.45, 7) is 6.91. The van der Waals surface area contributed by atoms with Crippen LogP contribution in [0.4, 0.5) is 0 Å². The van der Waals surface area contributed by atoms with Crippen LogP contribution in [0.15, 0.2) is 22.8 Å². The molecule has 1 saturated heterocycles. The van der Waals surface area contributed by atoms with Crippen molar-refractivity contribution in [2.75, 3.05) is 6.61 Å². The molecule has 72 valence electrons. The molecule has 0 radical (unpaired) electrons. The van der Waals surface area contributed by atoms with E-state index in [1.165, 1.54) is 0 Å². The van der Waals surface area contributed by atoms with E-state index in [9.17, 15) is 0 Å². The highest BCUT2D eigenvalue weighted by Crippen LogP contribution is 2.31. The van der Waals surface area contributed by atoms with E-state index in [1.54, 1.807) is 6.26 Å². The van der Waals surface area contributed by atoms with Gasteiger partial charge in [0.1, 0.15) is 5.76 Å². The van der Waals surface area contributed by atoms with E-state index in [-0.39, 0.29) is 5.54 Å². The molecule has 1 N–H and O–H groups in total. The van der Waals surface area contributed by atoms with E-state index in [0.29, 0.717) is 6.61 Å². The second-order valence-corrected chi connectivity index (χ2v) is 4.31. The summed E-state index contributed by atoms with van der Waals surface area (Å²) < 4.78 is 11.0. The van der Waals surface area contributed by atoms with Gasteiger partial charge in [-0.2, -0.15) is 0 Å². The molecule has 1 aromatic heterocycles. The predicted octanol–water partition coefficient (Wildman–Crippen LogP) is 1.85. The molecule has 1 unspecified atom stereocenters. The molecular weight excluding hydrogens is 166 g/mol. The van der Waals surface area contributed by atoms with E-state index in [1.807, 2.05) is 19.1 Å². The Morgan fingerprint density at radius 3 is 2.62 bits per heavy atom. The van der Waals surface area contributed by atoms with Crippen molar-refractivity contribution in [3.8, 4) is 0 Å². The molecule has 1 aliphatic heterocycles. The Bertz CT molecular complexity index is 292. The largest absolute Gasteiger partial charge is 0.465 e. The van der Waals surface area contributed by atoms with Crippen LogP contribution in [0.3, 0.4) is 0 Å². The standard InChI is InChI=1S/C10H15NO2/c1-9(2)7-13-10(3,11-9)8-5-4-6-12-8/h4-6,11H,7H2,1-3H3. The molecule has 1 aromatic rings. The number of rotatable bonds is 1. The summed E-state index contributed by atoms with van der Waals surface area (Å²) in [6, 6.07) is 3.80. The Kier molecular flexibility index (Phi) is 1.75. The topological polar surface area (TPSA) is 34.4 Å². The Morgan fingerprint density at radius 2 is 2.15 bits per heavy atom. The summed E-state index contributed by atoms with van der Waals surface area (Å²) in [4.78, 5) is 0. The lowest BCUT2D eigenvalue weighted by Crippen LogP contribution is -2.44. The molecule has 0 saturated carbocycles. The zero-order valence-corrected chi connectivity index (χ0v) is 8.26. The Labute approximate surface area is 78.1 Å². The van der Waals surface area contributed by atoms with Gasteiger partial charge in [0.05, 0.1) is 12.9 Å². The fourth-order valence-corrected chi connectivity index (χ4v) is 1.73. The molecule has 0 spiro atoms. The van der Waals surface area contributed by atoms with Gasteiger partial charge in [-0.25, -0.2) is 0 Å². The minimum absolute atomic E-state index is 0.0154. The molecule has 3 heteroatoms. The molecule has 0 bridgehead atoms. The Balaban J connectivity index is 2.25. The zero-order valence-electron chi connectivity index (χ0n) is 8.26. The highest BCUT2D eigenvalue weighted by Gasteiger charge is 2.43. The first-order valence-corrected chi connectivity index (χ1v) is 4.49. The molecule has 0 amide bonds. The lowest BCUT2D eigenvalue weighted by atomic mass is 10.1. The van der Waals surface area contributed by atoms with Gasteiger partial charge in [-0.15, -0.1) is 0 Å². The van der Waals surface area contributed by atoms with Crippen molar-refractivity contribution in [3.63, 3.8) is 0 Å². The van der Waals surface area contributed by atoms with Gasteiger partial charge in [0, 0.05) is 5.54 Å². The average Bonchev–Trinajstić information content (AvgIpc) is 2.58. The minimum atomic E-state index is -0.465. The van der Waals surface area contributed by atoms with E-state index < -0.39 is 5.72 Å². The van der Waals surface area contributed by atoms with E-state index in [2.05, 4.69) is 19.2 Å². The van der Waals surface area contributed by atoms with Crippen LogP contribution in [0.2, 0.25) is 0 Å². The van der Waals surface area contributed by atoms with Crippen molar-refractivity contribution in [2.45, 2.75) is 32.0 Å². The molecular formula is C10H15NO2. The third kappa shape index (κ3) is 1.49. The number of nitrogens with one attached hydrogen (secondary N) is 1. The molecule has 0 aromatic carbocycles. The van der Waals surface area contributed by atoms with Crippen LogP contribution in [0.5, 0.6) is 0 Å². The molecule has 2 heterocycles. The summed E-state index contributed by atoms with van der Waals surface area (Å²) in [5.41, 5.74) is -0.450. The van der Waals surface area contributed by atoms with Crippen molar-refractivity contribution < 1.29 is 9.15 Å². The van der Waals surface area contributed by atoms with E-state index >= 15 is 0 Å². The van der Waals surface area contributed by atoms with Gasteiger partial charge in [0.25, 0.3) is 0 Å². The lowest BCUT2D eigenvalue weighted by Gasteiger charge is -2.24. The van der Waals surface area contributed by atoms with Gasteiger partial charge in [0.15, 0.2) is 5.72 Å². The van der Waals surface area contributed by atoms with Crippen molar-refractivity contribution >= 4 is 0 Å². The molecule has 1 fully saturated rings. The van der Waals surface area contributed by atoms with Gasteiger partial charge in [-0.1, -0.05) is 0 Å². The van der Waals surface area contributed by atoms with Crippen molar-refractivity contribution in [1.29, 1.82) is 0 Å². The highest BCUT2D eigenvalue weighted by atomic mass is 16.5. The number of hydrogen-bond donors (Lipinski definition) is 1. The maximum absolute atomic E-state index is 5.70. The minimum Gasteiger partial charge on any atom is -0.465 e. The van der Waals surface area contributed by atoms with Crippen LogP contribution < -0.4 is 5.32 Å². The molecule has 0 aliphatic carbocycles. The maximum atomic E-state index is 5.70. The fourth-order valence-electron chi connectivity index (χ4n) is 1.73. The van der Waals surface area contributed by atoms with Crippen molar-refractivity contribution in [1.82, 2.24) is 5.32 Å². The van der Waals surface area contributed by atoms with Crippen molar-refractivity contribution in [2.24, 2.45) is 0 Å². The maximum Gasteiger partial charge on any atom is 0.175 e. The first-order valence-electron chi connectivity index (χ1n) is 4.49. The third-order valence-corrected chi connectivity index (χ3v) is 2.29. The first-order chi connectivity index (χ1) is 6.02. The Hall–Kier alpha value is -0.800. The summed E-state index contributed by atoms with van der Waals surface area (Å²) in [6.07, 6.45) is 1.66. The summed E-state index contributed by atoms with van der Waals surface area (Å²) in [5.74, 6) is 0.832. The summed E-state index contributed by atoms with van der Waals surface area (Å²) in [5, 5.41) is 3.39. The fraction of sp³-hybridized carbons (Fsp3) is 0.600. The normalized spacial score (nSPS) is 32.2. The SMILES string of the molecule is CC1(C)COC(C)(c2ccco2)N1. The molecule has 1 aliphatic rings. The molecule has 2 rings (SSSR count). The second kappa shape index (κ2) is 2.59. The van der Waals surface area contributed by atoms with Gasteiger partial charge >= 0.3 is 0 Å². The van der Waals surface area contributed by atoms with Gasteiger partial charge < -0.3 is 9.15 Å². The lowest BCUT2D eigenvalue weighted by molar-refractivity contribution is -0.0154. The van der Waals surface area contributed by atoms with Crippen LogP contribution in [-0.2, 0) is 10.5 Å². The van der Waals surface area contributed by atoms with E-state index in [0.717, 1.165) is 5.76 Å². The number of hydrogen-bond acceptors (Lipinski definition) is 3. The Morgan fingerprint density at radius 1 is 1.38 bits per heavy atom. The van der Waals surface area contributed by atoms with Crippen LogP contribution in [0, 0.1) is 0 Å². The van der Waals surface area contributed by atoms with Crippen LogP contribution >= 0.6 is 0 Å². The highest BCUT2D eigenvalue weighted by molar-refractivity contribution is 5.11. The van der Waals surface area contributed by atoms with E-state index in [4.69, 9.17) is 9.15 Å². The van der Waals surface area contributed by atoms with Gasteiger partial charge in [0.2, 0.25) is 0 Å². The van der Waals surface area contributed by atoms with Gasteiger partial charge in [-0.3, -0.25) is 5.32 Å². The molecule has 13 heavy (non-hydrogen) atoms.